The highest BCUT2D eigenvalue weighted by atomic mass is 16.5. The van der Waals surface area contributed by atoms with E-state index in [2.05, 4.69) is 10.4 Å². The lowest BCUT2D eigenvalue weighted by Gasteiger charge is -2.15. The molecule has 1 unspecified atom stereocenters. The summed E-state index contributed by atoms with van der Waals surface area (Å²) in [4.78, 5) is 4.26. The number of nitrogens with zero attached hydrogens (tertiary/aromatic N) is 2. The largest absolute Gasteiger partial charge is 0.501 e. The molecule has 1 aliphatic heterocycles. The molecule has 0 aromatic carbocycles. The molecular formula is C9H14N4O. The van der Waals surface area contributed by atoms with E-state index < -0.39 is 0 Å². The zero-order valence-electron chi connectivity index (χ0n) is 8.10. The molecule has 14 heavy (non-hydrogen) atoms. The summed E-state index contributed by atoms with van der Waals surface area (Å²) in [5.74, 6) is 6.42. The first-order valence-corrected chi connectivity index (χ1v) is 4.57. The summed E-state index contributed by atoms with van der Waals surface area (Å²) in [6.07, 6.45) is 6.33. The predicted molar refractivity (Wildman–Crippen MR) is 51.9 cm³/mol. The Morgan fingerprint density at radius 2 is 2.57 bits per heavy atom. The normalized spacial score (nSPS) is 17.7. The lowest BCUT2D eigenvalue weighted by atomic mass is 10.1. The van der Waals surface area contributed by atoms with Crippen molar-refractivity contribution in [1.82, 2.24) is 15.0 Å². The molecule has 2 rings (SSSR count). The predicted octanol–water partition coefficient (Wildman–Crippen LogP) is 0.229. The Bertz CT molecular complexity index is 344. The van der Waals surface area contributed by atoms with Crippen LogP contribution in [0, 0.1) is 0 Å². The third kappa shape index (κ3) is 1.51. The Morgan fingerprint density at radius 3 is 3.07 bits per heavy atom. The molecule has 1 aromatic rings. The second-order valence-electron chi connectivity index (χ2n) is 3.31. The molecule has 0 radical (unpaired) electrons. The van der Waals surface area contributed by atoms with Gasteiger partial charge in [-0.2, -0.15) is 0 Å². The minimum atomic E-state index is -0.0440. The van der Waals surface area contributed by atoms with Gasteiger partial charge in [0.05, 0.1) is 12.9 Å². The van der Waals surface area contributed by atoms with Gasteiger partial charge in [0, 0.05) is 25.9 Å². The monoisotopic (exact) mass is 194 g/mol. The molecule has 0 aliphatic carbocycles. The van der Waals surface area contributed by atoms with Crippen molar-refractivity contribution in [2.75, 3.05) is 6.61 Å². The van der Waals surface area contributed by atoms with Crippen LogP contribution in [0.25, 0.3) is 0 Å². The first-order chi connectivity index (χ1) is 6.83. The molecule has 76 valence electrons. The third-order valence-corrected chi connectivity index (χ3v) is 2.40. The molecule has 3 N–H and O–H groups in total. The summed E-state index contributed by atoms with van der Waals surface area (Å²) in [7, 11) is 1.95. The van der Waals surface area contributed by atoms with Gasteiger partial charge in [0.1, 0.15) is 11.9 Å². The summed E-state index contributed by atoms with van der Waals surface area (Å²) in [6, 6.07) is -0.0440. The molecule has 1 aromatic heterocycles. The molecule has 5 nitrogen and oxygen atoms in total. The van der Waals surface area contributed by atoms with E-state index in [-0.39, 0.29) is 6.04 Å². The van der Waals surface area contributed by atoms with Crippen LogP contribution in [0.4, 0.5) is 0 Å². The third-order valence-electron chi connectivity index (χ3n) is 2.40. The summed E-state index contributed by atoms with van der Waals surface area (Å²) in [5, 5.41) is 0. The number of hydrogen-bond donors (Lipinski definition) is 2. The van der Waals surface area contributed by atoms with Crippen molar-refractivity contribution < 1.29 is 4.74 Å². The van der Waals surface area contributed by atoms with Crippen LogP contribution in [0.5, 0.6) is 0 Å². The number of ether oxygens (including phenoxy) is 1. The highest BCUT2D eigenvalue weighted by molar-refractivity contribution is 5.18. The van der Waals surface area contributed by atoms with Gasteiger partial charge in [0.15, 0.2) is 0 Å². The van der Waals surface area contributed by atoms with Gasteiger partial charge in [-0.05, 0) is 5.57 Å². The van der Waals surface area contributed by atoms with Crippen LogP contribution in [0.2, 0.25) is 0 Å². The average molecular weight is 194 g/mol. The molecule has 0 saturated heterocycles. The summed E-state index contributed by atoms with van der Waals surface area (Å²) < 4.78 is 7.13. The summed E-state index contributed by atoms with van der Waals surface area (Å²) in [6.45, 7) is 0.734. The molecule has 0 fully saturated rings. The van der Waals surface area contributed by atoms with Crippen molar-refractivity contribution in [3.8, 4) is 0 Å². The molecule has 2 heterocycles. The Balaban J connectivity index is 2.25. The molecule has 0 amide bonds. The van der Waals surface area contributed by atoms with Crippen LogP contribution in [-0.4, -0.2) is 16.2 Å². The zero-order valence-corrected chi connectivity index (χ0v) is 8.10. The van der Waals surface area contributed by atoms with Gasteiger partial charge in [-0.15, -0.1) is 0 Å². The minimum absolute atomic E-state index is 0.0440. The highest BCUT2D eigenvalue weighted by Gasteiger charge is 2.21. The number of hydrogen-bond acceptors (Lipinski definition) is 4. The van der Waals surface area contributed by atoms with E-state index >= 15 is 0 Å². The van der Waals surface area contributed by atoms with Gasteiger partial charge in [-0.1, -0.05) is 0 Å². The topological polar surface area (TPSA) is 65.1 Å². The van der Waals surface area contributed by atoms with E-state index in [0.29, 0.717) is 0 Å². The summed E-state index contributed by atoms with van der Waals surface area (Å²) in [5.41, 5.74) is 3.90. The van der Waals surface area contributed by atoms with Crippen LogP contribution < -0.4 is 11.3 Å². The maximum atomic E-state index is 5.51. The minimum Gasteiger partial charge on any atom is -0.501 e. The van der Waals surface area contributed by atoms with E-state index in [4.69, 9.17) is 10.6 Å². The van der Waals surface area contributed by atoms with Gasteiger partial charge in [0.2, 0.25) is 0 Å². The average Bonchev–Trinajstić information content (AvgIpc) is 2.80. The van der Waals surface area contributed by atoms with Crippen molar-refractivity contribution in [3.05, 3.63) is 30.1 Å². The second-order valence-corrected chi connectivity index (χ2v) is 3.31. The highest BCUT2D eigenvalue weighted by Crippen LogP contribution is 2.25. The fourth-order valence-corrected chi connectivity index (χ4v) is 1.62. The maximum absolute atomic E-state index is 5.51. The zero-order chi connectivity index (χ0) is 9.97. The van der Waals surface area contributed by atoms with E-state index in [9.17, 15) is 0 Å². The Labute approximate surface area is 82.5 Å². The first-order valence-electron chi connectivity index (χ1n) is 4.57. The lowest BCUT2D eigenvalue weighted by molar-refractivity contribution is 0.281. The van der Waals surface area contributed by atoms with E-state index in [1.165, 1.54) is 0 Å². The number of imidazole rings is 1. The standard InChI is InChI=1S/C9H14N4O/c1-13-4-3-11-9(13)8(12-10)7-2-5-14-6-7/h3-4,6,8,12H,2,5,10H2,1H3. The van der Waals surface area contributed by atoms with Crippen molar-refractivity contribution >= 4 is 0 Å². The number of hydrazine groups is 1. The van der Waals surface area contributed by atoms with Gasteiger partial charge in [-0.25, -0.2) is 10.4 Å². The fraction of sp³-hybridized carbons (Fsp3) is 0.444. The lowest BCUT2D eigenvalue weighted by Crippen LogP contribution is -2.31. The van der Waals surface area contributed by atoms with Crippen LogP contribution in [0.1, 0.15) is 18.3 Å². The van der Waals surface area contributed by atoms with Crippen molar-refractivity contribution in [2.45, 2.75) is 12.5 Å². The van der Waals surface area contributed by atoms with Gasteiger partial charge in [-0.3, -0.25) is 5.84 Å². The Hall–Kier alpha value is -1.33. The second kappa shape index (κ2) is 3.81. The molecule has 5 heteroatoms. The van der Waals surface area contributed by atoms with Crippen molar-refractivity contribution in [1.29, 1.82) is 0 Å². The van der Waals surface area contributed by atoms with E-state index in [1.807, 2.05) is 17.8 Å². The molecule has 0 saturated carbocycles. The summed E-state index contributed by atoms with van der Waals surface area (Å²) >= 11 is 0. The molecule has 0 spiro atoms. The van der Waals surface area contributed by atoms with Crippen molar-refractivity contribution in [2.24, 2.45) is 12.9 Å². The van der Waals surface area contributed by atoms with Crippen LogP contribution in [0.3, 0.4) is 0 Å². The smallest absolute Gasteiger partial charge is 0.131 e. The van der Waals surface area contributed by atoms with E-state index in [1.54, 1.807) is 12.5 Å². The number of nitrogens with two attached hydrogens (primary N) is 1. The van der Waals surface area contributed by atoms with Gasteiger partial charge < -0.3 is 9.30 Å². The number of aryl methyl sites for hydroxylation is 1. The maximum Gasteiger partial charge on any atom is 0.131 e. The molecule has 1 aliphatic rings. The van der Waals surface area contributed by atoms with Crippen LogP contribution >= 0.6 is 0 Å². The van der Waals surface area contributed by atoms with Gasteiger partial charge in [0.25, 0.3) is 0 Å². The number of rotatable bonds is 3. The first kappa shape index (κ1) is 9.23. The van der Waals surface area contributed by atoms with E-state index in [0.717, 1.165) is 24.4 Å². The Morgan fingerprint density at radius 1 is 1.71 bits per heavy atom. The van der Waals surface area contributed by atoms with Gasteiger partial charge >= 0.3 is 0 Å². The van der Waals surface area contributed by atoms with Crippen molar-refractivity contribution in [3.63, 3.8) is 0 Å². The molecular weight excluding hydrogens is 180 g/mol. The Kier molecular flexibility index (Phi) is 2.51. The quantitative estimate of drug-likeness (QED) is 0.534. The SMILES string of the molecule is Cn1ccnc1C(NN)C1=COCC1. The molecule has 1 atom stereocenters. The van der Waals surface area contributed by atoms with Crippen LogP contribution in [-0.2, 0) is 11.8 Å². The number of nitrogens with one attached hydrogen (secondary N) is 1. The van der Waals surface area contributed by atoms with Crippen LogP contribution in [0.15, 0.2) is 24.2 Å². The molecule has 0 bridgehead atoms. The fourth-order valence-electron chi connectivity index (χ4n) is 1.62. The number of aromatic nitrogens is 2.